The molecule has 0 spiro atoms. The summed E-state index contributed by atoms with van der Waals surface area (Å²) in [5, 5.41) is 3.33. The highest BCUT2D eigenvalue weighted by Gasteiger charge is 2.15. The van der Waals surface area contributed by atoms with Crippen LogP contribution in [0.2, 0.25) is 0 Å². The average molecular weight is 207 g/mol. The molecule has 0 aliphatic carbocycles. The molecule has 0 radical (unpaired) electrons. The van der Waals surface area contributed by atoms with Crippen molar-refractivity contribution in [2.45, 2.75) is 6.42 Å². The lowest BCUT2D eigenvalue weighted by atomic mass is 10.1. The molecule has 1 N–H and O–H groups in total. The van der Waals surface area contributed by atoms with E-state index in [4.69, 9.17) is 9.47 Å². The molecule has 0 bridgehead atoms. The Hall–Kier alpha value is -1.22. The van der Waals surface area contributed by atoms with Crippen LogP contribution >= 0.6 is 0 Å². The molecule has 1 aromatic rings. The second kappa shape index (κ2) is 5.03. The highest BCUT2D eigenvalue weighted by molar-refractivity contribution is 5.39. The molecule has 1 aliphatic heterocycles. The first kappa shape index (κ1) is 10.3. The van der Waals surface area contributed by atoms with Crippen LogP contribution < -0.4 is 14.8 Å². The Labute approximate surface area is 90.4 Å². The van der Waals surface area contributed by atoms with Gasteiger partial charge in [-0.05, 0) is 25.1 Å². The summed E-state index contributed by atoms with van der Waals surface area (Å²) in [6.45, 7) is 2.95. The van der Waals surface area contributed by atoms with Crippen LogP contribution in [-0.2, 0) is 0 Å². The summed E-state index contributed by atoms with van der Waals surface area (Å²) in [5.41, 5.74) is 0. The molecule has 15 heavy (non-hydrogen) atoms. The van der Waals surface area contributed by atoms with Gasteiger partial charge in [-0.2, -0.15) is 0 Å². The average Bonchev–Trinajstić information content (AvgIpc) is 2.79. The van der Waals surface area contributed by atoms with Gasteiger partial charge in [0.1, 0.15) is 0 Å². The summed E-state index contributed by atoms with van der Waals surface area (Å²) in [6, 6.07) is 7.77. The van der Waals surface area contributed by atoms with Gasteiger partial charge in [0.25, 0.3) is 0 Å². The molecule has 1 heterocycles. The summed E-state index contributed by atoms with van der Waals surface area (Å²) in [6.07, 6.45) is 1.20. The quantitative estimate of drug-likeness (QED) is 0.815. The molecule has 1 fully saturated rings. The first-order valence-corrected chi connectivity index (χ1v) is 5.36. The first-order chi connectivity index (χ1) is 7.40. The standard InChI is InChI=1S/C12H17NO2/c1-14-11-4-2-3-5-12(11)15-9-10-6-7-13-8-10/h2-5,10,13H,6-9H2,1H3. The van der Waals surface area contributed by atoms with Crippen LogP contribution in [0.1, 0.15) is 6.42 Å². The molecule has 1 aromatic carbocycles. The molecule has 1 aliphatic rings. The van der Waals surface area contributed by atoms with Crippen LogP contribution in [-0.4, -0.2) is 26.8 Å². The van der Waals surface area contributed by atoms with E-state index in [1.165, 1.54) is 6.42 Å². The van der Waals surface area contributed by atoms with Crippen molar-refractivity contribution in [3.05, 3.63) is 24.3 Å². The second-order valence-electron chi connectivity index (χ2n) is 3.82. The maximum Gasteiger partial charge on any atom is 0.161 e. The second-order valence-corrected chi connectivity index (χ2v) is 3.82. The number of nitrogens with one attached hydrogen (secondary N) is 1. The van der Waals surface area contributed by atoms with Crippen LogP contribution in [0, 0.1) is 5.92 Å². The third-order valence-corrected chi connectivity index (χ3v) is 2.71. The van der Waals surface area contributed by atoms with Crippen LogP contribution in [0.3, 0.4) is 0 Å². The van der Waals surface area contributed by atoms with Gasteiger partial charge >= 0.3 is 0 Å². The van der Waals surface area contributed by atoms with E-state index in [0.717, 1.165) is 31.2 Å². The highest BCUT2D eigenvalue weighted by atomic mass is 16.5. The fraction of sp³-hybridized carbons (Fsp3) is 0.500. The molecule has 1 saturated heterocycles. The number of hydrogen-bond acceptors (Lipinski definition) is 3. The Morgan fingerprint density at radius 1 is 1.33 bits per heavy atom. The zero-order valence-electron chi connectivity index (χ0n) is 9.03. The molecule has 82 valence electrons. The lowest BCUT2D eigenvalue weighted by Crippen LogP contribution is -2.15. The summed E-state index contributed by atoms with van der Waals surface area (Å²) in [5.74, 6) is 2.28. The third-order valence-electron chi connectivity index (χ3n) is 2.71. The zero-order valence-corrected chi connectivity index (χ0v) is 9.03. The number of hydrogen-bond donors (Lipinski definition) is 1. The minimum atomic E-state index is 0.634. The Bertz CT molecular complexity index is 308. The van der Waals surface area contributed by atoms with E-state index >= 15 is 0 Å². The van der Waals surface area contributed by atoms with Crippen LogP contribution in [0.5, 0.6) is 11.5 Å². The Morgan fingerprint density at radius 3 is 2.80 bits per heavy atom. The number of methoxy groups -OCH3 is 1. The van der Waals surface area contributed by atoms with Crippen molar-refractivity contribution in [2.75, 3.05) is 26.8 Å². The predicted molar refractivity (Wildman–Crippen MR) is 59.5 cm³/mol. The Kier molecular flexibility index (Phi) is 3.45. The van der Waals surface area contributed by atoms with E-state index in [0.29, 0.717) is 5.92 Å². The molecule has 3 heteroatoms. The SMILES string of the molecule is COc1ccccc1OCC1CCNC1. The molecule has 2 rings (SSSR count). The minimum Gasteiger partial charge on any atom is -0.493 e. The normalized spacial score (nSPS) is 20.2. The van der Waals surface area contributed by atoms with Gasteiger partial charge in [0.05, 0.1) is 13.7 Å². The molecular weight excluding hydrogens is 190 g/mol. The molecule has 3 nitrogen and oxygen atoms in total. The lowest BCUT2D eigenvalue weighted by Gasteiger charge is -2.13. The Balaban J connectivity index is 1.91. The van der Waals surface area contributed by atoms with Crippen LogP contribution in [0.4, 0.5) is 0 Å². The van der Waals surface area contributed by atoms with Crippen LogP contribution in [0.15, 0.2) is 24.3 Å². The fourth-order valence-electron chi connectivity index (χ4n) is 1.80. The molecule has 1 atom stereocenters. The summed E-state index contributed by atoms with van der Waals surface area (Å²) < 4.78 is 11.0. The van der Waals surface area contributed by atoms with Gasteiger partial charge in [-0.3, -0.25) is 0 Å². The van der Waals surface area contributed by atoms with E-state index in [2.05, 4.69) is 5.32 Å². The zero-order chi connectivity index (χ0) is 10.5. The van der Waals surface area contributed by atoms with Crippen molar-refractivity contribution in [2.24, 2.45) is 5.92 Å². The van der Waals surface area contributed by atoms with E-state index in [-0.39, 0.29) is 0 Å². The lowest BCUT2D eigenvalue weighted by molar-refractivity contribution is 0.247. The summed E-state index contributed by atoms with van der Waals surface area (Å²) in [7, 11) is 1.67. The highest BCUT2D eigenvalue weighted by Crippen LogP contribution is 2.26. The monoisotopic (exact) mass is 207 g/mol. The van der Waals surface area contributed by atoms with E-state index in [1.807, 2.05) is 24.3 Å². The molecular formula is C12H17NO2. The molecule has 0 amide bonds. The smallest absolute Gasteiger partial charge is 0.161 e. The third kappa shape index (κ3) is 2.63. The van der Waals surface area contributed by atoms with Gasteiger partial charge < -0.3 is 14.8 Å². The van der Waals surface area contributed by atoms with Crippen molar-refractivity contribution in [3.63, 3.8) is 0 Å². The van der Waals surface area contributed by atoms with Crippen molar-refractivity contribution >= 4 is 0 Å². The largest absolute Gasteiger partial charge is 0.493 e. The topological polar surface area (TPSA) is 30.5 Å². The van der Waals surface area contributed by atoms with Crippen molar-refractivity contribution in [1.29, 1.82) is 0 Å². The van der Waals surface area contributed by atoms with Crippen molar-refractivity contribution in [3.8, 4) is 11.5 Å². The van der Waals surface area contributed by atoms with E-state index in [9.17, 15) is 0 Å². The van der Waals surface area contributed by atoms with Crippen molar-refractivity contribution in [1.82, 2.24) is 5.32 Å². The van der Waals surface area contributed by atoms with Crippen LogP contribution in [0.25, 0.3) is 0 Å². The van der Waals surface area contributed by atoms with Gasteiger partial charge in [-0.25, -0.2) is 0 Å². The maximum absolute atomic E-state index is 5.75. The molecule has 1 unspecified atom stereocenters. The van der Waals surface area contributed by atoms with E-state index in [1.54, 1.807) is 7.11 Å². The molecule has 0 saturated carbocycles. The number of para-hydroxylation sites is 2. The maximum atomic E-state index is 5.75. The van der Waals surface area contributed by atoms with E-state index < -0.39 is 0 Å². The minimum absolute atomic E-state index is 0.634. The summed E-state index contributed by atoms with van der Waals surface area (Å²) in [4.78, 5) is 0. The van der Waals surface area contributed by atoms with Gasteiger partial charge in [0, 0.05) is 12.5 Å². The summed E-state index contributed by atoms with van der Waals surface area (Å²) >= 11 is 0. The molecule has 0 aromatic heterocycles. The van der Waals surface area contributed by atoms with Crippen molar-refractivity contribution < 1.29 is 9.47 Å². The number of rotatable bonds is 4. The van der Waals surface area contributed by atoms with Gasteiger partial charge in [-0.15, -0.1) is 0 Å². The fourth-order valence-corrected chi connectivity index (χ4v) is 1.80. The van der Waals surface area contributed by atoms with Gasteiger partial charge in [-0.1, -0.05) is 12.1 Å². The Morgan fingerprint density at radius 2 is 2.13 bits per heavy atom. The van der Waals surface area contributed by atoms with Gasteiger partial charge in [0.2, 0.25) is 0 Å². The number of benzene rings is 1. The predicted octanol–water partition coefficient (Wildman–Crippen LogP) is 1.68. The van der Waals surface area contributed by atoms with Gasteiger partial charge in [0.15, 0.2) is 11.5 Å². The number of ether oxygens (including phenoxy) is 2. The first-order valence-electron chi connectivity index (χ1n) is 5.36.